The lowest BCUT2D eigenvalue weighted by molar-refractivity contribution is -0.131. The molecule has 0 unspecified atom stereocenters. The maximum absolute atomic E-state index is 12.3. The van der Waals surface area contributed by atoms with Gasteiger partial charge in [0.25, 0.3) is 0 Å². The molecule has 1 N–H and O–H groups in total. The molecule has 1 aromatic carbocycles. The van der Waals surface area contributed by atoms with Crippen LogP contribution in [0.25, 0.3) is 0 Å². The van der Waals surface area contributed by atoms with Gasteiger partial charge >= 0.3 is 0 Å². The third-order valence-electron chi connectivity index (χ3n) is 4.21. The summed E-state index contributed by atoms with van der Waals surface area (Å²) in [6.07, 6.45) is 2.28. The van der Waals surface area contributed by atoms with E-state index in [4.69, 9.17) is 0 Å². The minimum absolute atomic E-state index is 0.0155. The number of carbonyl (C=O) groups is 2. The second-order valence-corrected chi connectivity index (χ2v) is 7.53. The first kappa shape index (κ1) is 18.4. The van der Waals surface area contributed by atoms with E-state index in [0.717, 1.165) is 35.1 Å². The third-order valence-corrected chi connectivity index (χ3v) is 5.14. The summed E-state index contributed by atoms with van der Waals surface area (Å²) < 4.78 is 2.10. The zero-order valence-corrected chi connectivity index (χ0v) is 16.0. The summed E-state index contributed by atoms with van der Waals surface area (Å²) in [5.41, 5.74) is 1.85. The Morgan fingerprint density at radius 2 is 1.92 bits per heavy atom. The lowest BCUT2D eigenvalue weighted by Crippen LogP contribution is -2.36. The first-order chi connectivity index (χ1) is 12.4. The van der Waals surface area contributed by atoms with Crippen molar-refractivity contribution in [1.82, 2.24) is 19.7 Å². The van der Waals surface area contributed by atoms with E-state index in [2.05, 4.69) is 20.1 Å². The topological polar surface area (TPSA) is 80.1 Å². The molecule has 8 heteroatoms. The smallest absolute Gasteiger partial charge is 0.243 e. The fourth-order valence-corrected chi connectivity index (χ4v) is 3.57. The number of carbonyl (C=O) groups excluding carboxylic acids is 2. The third kappa shape index (κ3) is 4.63. The van der Waals surface area contributed by atoms with Gasteiger partial charge in [-0.25, -0.2) is 0 Å². The van der Waals surface area contributed by atoms with Crippen molar-refractivity contribution >= 4 is 29.3 Å². The molecule has 7 nitrogen and oxygen atoms in total. The number of amides is 2. The Hall–Kier alpha value is -2.35. The van der Waals surface area contributed by atoms with Crippen molar-refractivity contribution in [2.45, 2.75) is 37.9 Å². The number of anilines is 1. The molecule has 1 heterocycles. The number of hydrogen-bond acceptors (Lipinski definition) is 5. The monoisotopic (exact) mass is 373 g/mol. The van der Waals surface area contributed by atoms with E-state index in [9.17, 15) is 9.59 Å². The van der Waals surface area contributed by atoms with Gasteiger partial charge < -0.3 is 14.8 Å². The van der Waals surface area contributed by atoms with Crippen LogP contribution in [0.3, 0.4) is 0 Å². The van der Waals surface area contributed by atoms with Gasteiger partial charge in [-0.1, -0.05) is 29.5 Å². The van der Waals surface area contributed by atoms with Crippen LogP contribution in [0.2, 0.25) is 0 Å². The summed E-state index contributed by atoms with van der Waals surface area (Å²) in [7, 11) is 1.63. The van der Waals surface area contributed by atoms with Crippen LogP contribution in [0.5, 0.6) is 0 Å². The molecule has 1 aliphatic rings. The van der Waals surface area contributed by atoms with Crippen LogP contribution in [-0.4, -0.2) is 50.8 Å². The highest BCUT2D eigenvalue weighted by Gasteiger charge is 2.28. The van der Waals surface area contributed by atoms with Crippen LogP contribution in [-0.2, 0) is 9.59 Å². The number of nitrogens with one attached hydrogen (secondary N) is 1. The first-order valence-electron chi connectivity index (χ1n) is 8.59. The fourth-order valence-electron chi connectivity index (χ4n) is 2.58. The van der Waals surface area contributed by atoms with Gasteiger partial charge in [0.2, 0.25) is 11.8 Å². The molecule has 3 rings (SSSR count). The van der Waals surface area contributed by atoms with Crippen LogP contribution in [0.1, 0.15) is 30.3 Å². The number of nitrogens with zero attached hydrogens (tertiary/aromatic N) is 4. The van der Waals surface area contributed by atoms with Gasteiger partial charge in [0, 0.05) is 18.8 Å². The van der Waals surface area contributed by atoms with Gasteiger partial charge in [-0.15, -0.1) is 10.2 Å². The van der Waals surface area contributed by atoms with E-state index in [1.807, 2.05) is 38.1 Å². The molecule has 0 spiro atoms. The lowest BCUT2D eigenvalue weighted by atomic mass is 10.2. The number of aromatic nitrogens is 3. The maximum Gasteiger partial charge on any atom is 0.243 e. The number of aryl methyl sites for hydroxylation is 2. The molecule has 138 valence electrons. The average molecular weight is 373 g/mol. The zero-order chi connectivity index (χ0) is 18.7. The summed E-state index contributed by atoms with van der Waals surface area (Å²) in [6.45, 7) is 3.93. The predicted molar refractivity (Wildman–Crippen MR) is 101 cm³/mol. The molecule has 0 radical (unpaired) electrons. The molecular formula is C18H23N5O2S. The van der Waals surface area contributed by atoms with Gasteiger partial charge in [-0.3, -0.25) is 9.59 Å². The minimum Gasteiger partial charge on any atom is -0.336 e. The molecule has 2 aromatic rings. The Morgan fingerprint density at radius 1 is 1.23 bits per heavy atom. The predicted octanol–water partition coefficient (Wildman–Crippen LogP) is 2.42. The van der Waals surface area contributed by atoms with Gasteiger partial charge in [0.1, 0.15) is 5.82 Å². The summed E-state index contributed by atoms with van der Waals surface area (Å²) in [4.78, 5) is 25.9. The highest BCUT2D eigenvalue weighted by atomic mass is 32.2. The Kier molecular flexibility index (Phi) is 5.61. The Bertz CT molecular complexity index is 798. The first-order valence-corrected chi connectivity index (χ1v) is 9.57. The summed E-state index contributed by atoms with van der Waals surface area (Å²) in [5.74, 6) is 0.788. The van der Waals surface area contributed by atoms with E-state index in [0.29, 0.717) is 6.04 Å². The van der Waals surface area contributed by atoms with E-state index < -0.39 is 0 Å². The Balaban J connectivity index is 1.48. The molecule has 0 bridgehead atoms. The van der Waals surface area contributed by atoms with Gasteiger partial charge in [0.15, 0.2) is 5.16 Å². The van der Waals surface area contributed by atoms with Crippen LogP contribution in [0, 0.1) is 13.8 Å². The maximum atomic E-state index is 12.3. The van der Waals surface area contributed by atoms with Gasteiger partial charge in [-0.2, -0.15) is 0 Å². The average Bonchev–Trinajstić information content (AvgIpc) is 3.37. The van der Waals surface area contributed by atoms with Crippen molar-refractivity contribution < 1.29 is 9.59 Å². The van der Waals surface area contributed by atoms with Gasteiger partial charge in [0.05, 0.1) is 12.3 Å². The standard InChI is InChI=1S/C18H23N5O2S/c1-12-4-6-14(7-5-12)19-16(24)10-22(3)17(25)11-26-18-21-20-13(2)23(18)15-8-9-15/h4-7,15H,8-11H2,1-3H3,(H,19,24). The highest BCUT2D eigenvalue weighted by Crippen LogP contribution is 2.38. The molecule has 1 aromatic heterocycles. The Morgan fingerprint density at radius 3 is 2.58 bits per heavy atom. The molecule has 2 amide bonds. The quantitative estimate of drug-likeness (QED) is 0.754. The van der Waals surface area contributed by atoms with E-state index >= 15 is 0 Å². The van der Waals surface area contributed by atoms with Gasteiger partial charge in [-0.05, 0) is 38.8 Å². The van der Waals surface area contributed by atoms with Crippen molar-refractivity contribution in [3.63, 3.8) is 0 Å². The van der Waals surface area contributed by atoms with E-state index in [1.54, 1.807) is 7.05 Å². The highest BCUT2D eigenvalue weighted by molar-refractivity contribution is 7.99. The molecule has 0 atom stereocenters. The van der Waals surface area contributed by atoms with Crippen molar-refractivity contribution in [3.8, 4) is 0 Å². The van der Waals surface area contributed by atoms with Crippen LogP contribution in [0.15, 0.2) is 29.4 Å². The van der Waals surface area contributed by atoms with Crippen LogP contribution >= 0.6 is 11.8 Å². The van der Waals surface area contributed by atoms with Crippen molar-refractivity contribution in [2.24, 2.45) is 0 Å². The molecule has 26 heavy (non-hydrogen) atoms. The number of benzene rings is 1. The molecule has 1 aliphatic carbocycles. The summed E-state index contributed by atoms with van der Waals surface area (Å²) >= 11 is 1.37. The number of likely N-dealkylation sites (N-methyl/N-ethyl adjacent to an activating group) is 1. The molecule has 0 aliphatic heterocycles. The van der Waals surface area contributed by atoms with E-state index in [-0.39, 0.29) is 24.1 Å². The SMILES string of the molecule is Cc1ccc(NC(=O)CN(C)C(=O)CSc2nnc(C)n2C2CC2)cc1. The normalized spacial score (nSPS) is 13.5. The number of rotatable bonds is 7. The van der Waals surface area contributed by atoms with Crippen molar-refractivity contribution in [3.05, 3.63) is 35.7 Å². The Labute approximate surface area is 157 Å². The minimum atomic E-state index is -0.216. The summed E-state index contributed by atoms with van der Waals surface area (Å²) in [5, 5.41) is 11.8. The fraction of sp³-hybridized carbons (Fsp3) is 0.444. The summed E-state index contributed by atoms with van der Waals surface area (Å²) in [6, 6.07) is 8.02. The zero-order valence-electron chi connectivity index (χ0n) is 15.2. The molecule has 1 fully saturated rings. The second-order valence-electron chi connectivity index (χ2n) is 6.58. The van der Waals surface area contributed by atoms with Crippen LogP contribution in [0.4, 0.5) is 5.69 Å². The second kappa shape index (κ2) is 7.90. The lowest BCUT2D eigenvalue weighted by Gasteiger charge is -2.16. The largest absolute Gasteiger partial charge is 0.336 e. The molecular weight excluding hydrogens is 350 g/mol. The number of hydrogen-bond donors (Lipinski definition) is 1. The number of thioether (sulfide) groups is 1. The molecule has 0 saturated heterocycles. The van der Waals surface area contributed by atoms with Crippen LogP contribution < -0.4 is 5.32 Å². The van der Waals surface area contributed by atoms with Crippen molar-refractivity contribution in [2.75, 3.05) is 24.7 Å². The molecule has 1 saturated carbocycles. The van der Waals surface area contributed by atoms with Crippen molar-refractivity contribution in [1.29, 1.82) is 0 Å². The van der Waals surface area contributed by atoms with E-state index in [1.165, 1.54) is 16.7 Å².